The Kier molecular flexibility index (Phi) is 6.23. The van der Waals surface area contributed by atoms with E-state index in [0.29, 0.717) is 16.6 Å². The molecule has 0 aliphatic rings. The van der Waals surface area contributed by atoms with Crippen LogP contribution in [0, 0.1) is 5.92 Å². The number of carbonyl (C=O) groups is 2. The molecule has 2 amide bonds. The van der Waals surface area contributed by atoms with Crippen molar-refractivity contribution < 1.29 is 9.59 Å². The van der Waals surface area contributed by atoms with Crippen molar-refractivity contribution in [2.24, 2.45) is 5.92 Å². The number of aromatic nitrogens is 2. The van der Waals surface area contributed by atoms with E-state index >= 15 is 0 Å². The van der Waals surface area contributed by atoms with Gasteiger partial charge in [-0.3, -0.25) is 14.9 Å². The zero-order valence-electron chi connectivity index (χ0n) is 12.8. The molecule has 0 atom stereocenters. The van der Waals surface area contributed by atoms with E-state index in [1.165, 1.54) is 11.3 Å². The smallest absolute Gasteiger partial charge is 0.251 e. The van der Waals surface area contributed by atoms with Crippen molar-refractivity contribution in [3.63, 3.8) is 0 Å². The lowest BCUT2D eigenvalue weighted by Gasteiger charge is -2.05. The number of carbonyl (C=O) groups excluding carboxylic acids is 2. The van der Waals surface area contributed by atoms with Crippen molar-refractivity contribution in [2.75, 3.05) is 11.9 Å². The van der Waals surface area contributed by atoms with Crippen molar-refractivity contribution in [2.45, 2.75) is 20.3 Å². The fourth-order valence-electron chi connectivity index (χ4n) is 1.79. The third-order valence-corrected chi connectivity index (χ3v) is 4.15. The number of hydrogen-bond donors (Lipinski definition) is 2. The molecule has 0 saturated carbocycles. The largest absolute Gasteiger partial charge is 0.343 e. The minimum Gasteiger partial charge on any atom is -0.343 e. The Balaban J connectivity index is 1.83. The number of amides is 2. The average Bonchev–Trinajstić information content (AvgIpc) is 2.91. The van der Waals surface area contributed by atoms with Gasteiger partial charge >= 0.3 is 0 Å². The van der Waals surface area contributed by atoms with E-state index in [0.717, 1.165) is 15.9 Å². The normalized spacial score (nSPS) is 10.6. The van der Waals surface area contributed by atoms with E-state index in [1.54, 1.807) is 18.2 Å². The van der Waals surface area contributed by atoms with Crippen LogP contribution in [-0.2, 0) is 11.2 Å². The Morgan fingerprint density at radius 1 is 1.30 bits per heavy atom. The molecule has 0 radical (unpaired) electrons. The lowest BCUT2D eigenvalue weighted by Crippen LogP contribution is -2.32. The molecule has 2 aromatic rings. The van der Waals surface area contributed by atoms with E-state index in [-0.39, 0.29) is 18.4 Å². The Bertz CT molecular complexity index is 702. The Morgan fingerprint density at radius 2 is 2.09 bits per heavy atom. The maximum Gasteiger partial charge on any atom is 0.251 e. The predicted molar refractivity (Wildman–Crippen MR) is 93.6 cm³/mol. The second kappa shape index (κ2) is 8.16. The van der Waals surface area contributed by atoms with Crippen molar-refractivity contribution >= 4 is 44.2 Å². The van der Waals surface area contributed by atoms with Crippen LogP contribution in [0.4, 0.5) is 5.13 Å². The predicted octanol–water partition coefficient (Wildman–Crippen LogP) is 2.87. The molecular weight excluding hydrogens is 380 g/mol. The summed E-state index contributed by atoms with van der Waals surface area (Å²) in [5, 5.41) is 14.5. The molecule has 0 fully saturated rings. The SMILES string of the molecule is CC(C)Cc1nnc(NC(=O)CNC(=O)c2cccc(Br)c2)s1. The highest BCUT2D eigenvalue weighted by Gasteiger charge is 2.11. The quantitative estimate of drug-likeness (QED) is 0.785. The maximum atomic E-state index is 11.9. The highest BCUT2D eigenvalue weighted by molar-refractivity contribution is 9.10. The van der Waals surface area contributed by atoms with E-state index in [2.05, 4.69) is 50.6 Å². The molecule has 0 unspecified atom stereocenters. The Morgan fingerprint density at radius 3 is 2.78 bits per heavy atom. The standard InChI is InChI=1S/C15H17BrN4O2S/c1-9(2)6-13-19-20-15(23-13)18-12(21)8-17-14(22)10-4-3-5-11(16)7-10/h3-5,7,9H,6,8H2,1-2H3,(H,17,22)(H,18,20,21). The van der Waals surface area contributed by atoms with Crippen LogP contribution in [0.3, 0.4) is 0 Å². The van der Waals surface area contributed by atoms with Crippen molar-refractivity contribution in [1.82, 2.24) is 15.5 Å². The van der Waals surface area contributed by atoms with Crippen molar-refractivity contribution in [3.05, 3.63) is 39.3 Å². The molecule has 0 aliphatic heterocycles. The molecule has 0 aliphatic carbocycles. The summed E-state index contributed by atoms with van der Waals surface area (Å²) in [4.78, 5) is 23.8. The van der Waals surface area contributed by atoms with Crippen molar-refractivity contribution in [1.29, 1.82) is 0 Å². The first-order valence-electron chi connectivity index (χ1n) is 7.10. The molecule has 2 rings (SSSR count). The number of halogens is 1. The van der Waals surface area contributed by atoms with E-state index in [9.17, 15) is 9.59 Å². The van der Waals surface area contributed by atoms with Gasteiger partial charge in [0.25, 0.3) is 5.91 Å². The molecule has 1 aromatic carbocycles. The Hall–Kier alpha value is -1.80. The van der Waals surface area contributed by atoms with Crippen LogP contribution < -0.4 is 10.6 Å². The van der Waals surface area contributed by atoms with Crippen LogP contribution in [0.1, 0.15) is 29.2 Å². The summed E-state index contributed by atoms with van der Waals surface area (Å²) in [6.07, 6.45) is 0.827. The van der Waals surface area contributed by atoms with Gasteiger partial charge < -0.3 is 5.32 Å². The fraction of sp³-hybridized carbons (Fsp3) is 0.333. The first-order valence-corrected chi connectivity index (χ1v) is 8.71. The van der Waals surface area contributed by atoms with Gasteiger partial charge in [0.1, 0.15) is 5.01 Å². The molecule has 0 bridgehead atoms. The summed E-state index contributed by atoms with van der Waals surface area (Å²) in [6, 6.07) is 6.96. The highest BCUT2D eigenvalue weighted by atomic mass is 79.9. The molecule has 2 N–H and O–H groups in total. The zero-order chi connectivity index (χ0) is 16.8. The molecular formula is C15H17BrN4O2S. The molecule has 23 heavy (non-hydrogen) atoms. The van der Waals surface area contributed by atoms with Crippen LogP contribution in [0.15, 0.2) is 28.7 Å². The number of rotatable bonds is 6. The van der Waals surface area contributed by atoms with Gasteiger partial charge in [-0.15, -0.1) is 10.2 Å². The summed E-state index contributed by atoms with van der Waals surface area (Å²) >= 11 is 4.65. The maximum absolute atomic E-state index is 11.9. The van der Waals surface area contributed by atoms with Gasteiger partial charge in [-0.25, -0.2) is 0 Å². The van der Waals surface area contributed by atoms with Gasteiger partial charge in [-0.1, -0.05) is 47.2 Å². The summed E-state index contributed by atoms with van der Waals surface area (Å²) in [5.41, 5.74) is 0.488. The minimum absolute atomic E-state index is 0.121. The molecule has 0 saturated heterocycles. The summed E-state index contributed by atoms with van der Waals surface area (Å²) in [7, 11) is 0. The van der Waals surface area contributed by atoms with Crippen LogP contribution in [0.2, 0.25) is 0 Å². The molecule has 1 heterocycles. The van der Waals surface area contributed by atoms with E-state index < -0.39 is 0 Å². The summed E-state index contributed by atoms with van der Waals surface area (Å²) in [6.45, 7) is 4.07. The molecule has 0 spiro atoms. The molecule has 6 nitrogen and oxygen atoms in total. The van der Waals surface area contributed by atoms with Gasteiger partial charge in [0.15, 0.2) is 0 Å². The van der Waals surface area contributed by atoms with Gasteiger partial charge in [0.05, 0.1) is 6.54 Å². The lowest BCUT2D eigenvalue weighted by atomic mass is 10.1. The van der Waals surface area contributed by atoms with Gasteiger partial charge in [0.2, 0.25) is 11.0 Å². The van der Waals surface area contributed by atoms with Crippen LogP contribution in [0.25, 0.3) is 0 Å². The van der Waals surface area contributed by atoms with Crippen LogP contribution >= 0.6 is 27.3 Å². The molecule has 122 valence electrons. The number of nitrogens with one attached hydrogen (secondary N) is 2. The van der Waals surface area contributed by atoms with Gasteiger partial charge in [-0.2, -0.15) is 0 Å². The Labute approximate surface area is 146 Å². The summed E-state index contributed by atoms with van der Waals surface area (Å²) in [5.74, 6) is -0.157. The zero-order valence-corrected chi connectivity index (χ0v) is 15.2. The fourth-order valence-corrected chi connectivity index (χ4v) is 3.16. The van der Waals surface area contributed by atoms with Crippen molar-refractivity contribution in [3.8, 4) is 0 Å². The van der Waals surface area contributed by atoms with E-state index in [4.69, 9.17) is 0 Å². The lowest BCUT2D eigenvalue weighted by molar-refractivity contribution is -0.115. The monoisotopic (exact) mass is 396 g/mol. The van der Waals surface area contributed by atoms with Crippen LogP contribution in [0.5, 0.6) is 0 Å². The third-order valence-electron chi connectivity index (χ3n) is 2.79. The highest BCUT2D eigenvalue weighted by Crippen LogP contribution is 2.18. The summed E-state index contributed by atoms with van der Waals surface area (Å²) < 4.78 is 0.807. The van der Waals surface area contributed by atoms with E-state index in [1.807, 2.05) is 6.07 Å². The molecule has 1 aromatic heterocycles. The minimum atomic E-state index is -0.333. The van der Waals surface area contributed by atoms with Gasteiger partial charge in [0, 0.05) is 16.5 Å². The second-order valence-electron chi connectivity index (χ2n) is 5.34. The number of anilines is 1. The number of benzene rings is 1. The van der Waals surface area contributed by atoms with Gasteiger partial charge in [-0.05, 0) is 24.1 Å². The first-order chi connectivity index (χ1) is 10.9. The van der Waals surface area contributed by atoms with Crippen LogP contribution in [-0.4, -0.2) is 28.6 Å². The number of nitrogens with zero attached hydrogens (tertiary/aromatic N) is 2. The third kappa shape index (κ3) is 5.72. The average molecular weight is 397 g/mol. The first kappa shape index (κ1) is 17.6. The second-order valence-corrected chi connectivity index (χ2v) is 7.32. The topological polar surface area (TPSA) is 84.0 Å². The molecule has 8 heteroatoms. The number of hydrogen-bond acceptors (Lipinski definition) is 5.